The lowest BCUT2D eigenvalue weighted by Crippen LogP contribution is -2.01. The van der Waals surface area contributed by atoms with Gasteiger partial charge >= 0.3 is 0 Å². The molecule has 2 nitrogen and oxygen atoms in total. The highest BCUT2D eigenvalue weighted by atomic mass is 127. The van der Waals surface area contributed by atoms with Crippen LogP contribution in [0.15, 0.2) is 54.9 Å². The van der Waals surface area contributed by atoms with Crippen molar-refractivity contribution in [2.45, 2.75) is 6.54 Å². The quantitative estimate of drug-likeness (QED) is 0.654. The summed E-state index contributed by atoms with van der Waals surface area (Å²) in [5.41, 5.74) is 2.56. The summed E-state index contributed by atoms with van der Waals surface area (Å²) in [6.45, 7) is 0.897. The van der Waals surface area contributed by atoms with Gasteiger partial charge in [0.05, 0.1) is 3.70 Å². The van der Waals surface area contributed by atoms with Crippen LogP contribution in [-0.4, -0.2) is 9.55 Å². The molecule has 17 heavy (non-hydrogen) atoms. The van der Waals surface area contributed by atoms with Gasteiger partial charge in [-0.05, 0) is 52.4 Å². The molecule has 0 saturated heterocycles. The molecule has 0 aliphatic carbocycles. The monoisotopic (exact) mass is 334 g/mol. The SMILES string of the molecule is Ic1cc2ccccc2n1Cc1ccncc1. The van der Waals surface area contributed by atoms with Crippen molar-refractivity contribution in [3.8, 4) is 0 Å². The van der Waals surface area contributed by atoms with Gasteiger partial charge in [0.2, 0.25) is 0 Å². The van der Waals surface area contributed by atoms with E-state index in [-0.39, 0.29) is 0 Å². The summed E-state index contributed by atoms with van der Waals surface area (Å²) in [4.78, 5) is 4.05. The maximum absolute atomic E-state index is 4.05. The van der Waals surface area contributed by atoms with Crippen LogP contribution in [0.4, 0.5) is 0 Å². The van der Waals surface area contributed by atoms with Crippen molar-refractivity contribution in [2.75, 3.05) is 0 Å². The molecule has 0 saturated carbocycles. The van der Waals surface area contributed by atoms with E-state index >= 15 is 0 Å². The van der Waals surface area contributed by atoms with Crippen LogP contribution >= 0.6 is 22.6 Å². The Morgan fingerprint density at radius 3 is 2.65 bits per heavy atom. The summed E-state index contributed by atoms with van der Waals surface area (Å²) in [7, 11) is 0. The molecule has 0 amide bonds. The number of halogens is 1. The molecular weight excluding hydrogens is 323 g/mol. The Hall–Kier alpha value is -1.36. The fourth-order valence-electron chi connectivity index (χ4n) is 2.01. The molecule has 2 heterocycles. The molecule has 0 N–H and O–H groups in total. The molecule has 0 fully saturated rings. The van der Waals surface area contributed by atoms with Crippen molar-refractivity contribution in [1.29, 1.82) is 0 Å². The Balaban J connectivity index is 2.08. The molecule has 84 valence electrons. The first-order valence-electron chi connectivity index (χ1n) is 5.47. The Morgan fingerprint density at radius 2 is 1.82 bits per heavy atom. The summed E-state index contributed by atoms with van der Waals surface area (Å²) in [5, 5.41) is 1.30. The molecule has 2 aromatic heterocycles. The number of para-hydroxylation sites is 1. The first-order valence-corrected chi connectivity index (χ1v) is 6.55. The van der Waals surface area contributed by atoms with Crippen LogP contribution in [-0.2, 0) is 6.54 Å². The summed E-state index contributed by atoms with van der Waals surface area (Å²) >= 11 is 2.39. The van der Waals surface area contributed by atoms with E-state index in [2.05, 4.69) is 74.6 Å². The van der Waals surface area contributed by atoms with Crippen LogP contribution in [0.3, 0.4) is 0 Å². The zero-order valence-electron chi connectivity index (χ0n) is 9.18. The lowest BCUT2D eigenvalue weighted by molar-refractivity contribution is 0.813. The minimum atomic E-state index is 0.897. The fourth-order valence-corrected chi connectivity index (χ4v) is 2.77. The predicted octanol–water partition coefficient (Wildman–Crippen LogP) is 3.69. The van der Waals surface area contributed by atoms with Crippen LogP contribution in [0.2, 0.25) is 0 Å². The van der Waals surface area contributed by atoms with E-state index in [0.717, 1.165) is 6.54 Å². The highest BCUT2D eigenvalue weighted by molar-refractivity contribution is 14.1. The molecule has 0 spiro atoms. The van der Waals surface area contributed by atoms with E-state index in [1.165, 1.54) is 20.2 Å². The largest absolute Gasteiger partial charge is 0.331 e. The number of nitrogens with zero attached hydrogens (tertiary/aromatic N) is 2. The second-order valence-electron chi connectivity index (χ2n) is 3.97. The summed E-state index contributed by atoms with van der Waals surface area (Å²) in [6, 6.07) is 14.8. The van der Waals surface area contributed by atoms with Gasteiger partial charge in [0, 0.05) is 29.8 Å². The van der Waals surface area contributed by atoms with Crippen molar-refractivity contribution >= 4 is 33.5 Å². The average Bonchev–Trinajstić information content (AvgIpc) is 2.68. The molecule has 3 rings (SSSR count). The molecule has 0 atom stereocenters. The second-order valence-corrected chi connectivity index (χ2v) is 5.07. The van der Waals surface area contributed by atoms with Crippen molar-refractivity contribution in [3.63, 3.8) is 0 Å². The zero-order chi connectivity index (χ0) is 11.7. The Labute approximate surface area is 113 Å². The molecule has 0 aliphatic rings. The van der Waals surface area contributed by atoms with Crippen LogP contribution in [0.1, 0.15) is 5.56 Å². The molecule has 0 unspecified atom stereocenters. The van der Waals surface area contributed by atoms with E-state index in [1.807, 2.05) is 12.4 Å². The topological polar surface area (TPSA) is 17.8 Å². The molecule has 0 bridgehead atoms. The third-order valence-corrected chi connectivity index (χ3v) is 3.74. The van der Waals surface area contributed by atoms with Gasteiger partial charge in [0.15, 0.2) is 0 Å². The van der Waals surface area contributed by atoms with Crippen molar-refractivity contribution in [2.24, 2.45) is 0 Å². The number of benzene rings is 1. The second kappa shape index (κ2) is 4.49. The maximum Gasteiger partial charge on any atom is 0.0812 e. The summed E-state index contributed by atoms with van der Waals surface area (Å²) in [6.07, 6.45) is 3.68. The first kappa shape index (κ1) is 10.8. The van der Waals surface area contributed by atoms with Gasteiger partial charge in [-0.15, -0.1) is 0 Å². The third-order valence-electron chi connectivity index (χ3n) is 2.85. The van der Waals surface area contributed by atoms with Crippen LogP contribution in [0.5, 0.6) is 0 Å². The molecule has 0 aliphatic heterocycles. The van der Waals surface area contributed by atoms with Crippen LogP contribution < -0.4 is 0 Å². The van der Waals surface area contributed by atoms with E-state index < -0.39 is 0 Å². The molecule has 3 heteroatoms. The van der Waals surface area contributed by atoms with E-state index in [4.69, 9.17) is 0 Å². The highest BCUT2D eigenvalue weighted by Gasteiger charge is 2.06. The smallest absolute Gasteiger partial charge is 0.0812 e. The number of rotatable bonds is 2. The van der Waals surface area contributed by atoms with Gasteiger partial charge in [0.1, 0.15) is 0 Å². The first-order chi connectivity index (χ1) is 8.34. The molecular formula is C14H11IN2. The zero-order valence-corrected chi connectivity index (χ0v) is 11.3. The number of hydrogen-bond acceptors (Lipinski definition) is 1. The lowest BCUT2D eigenvalue weighted by Gasteiger charge is -2.07. The van der Waals surface area contributed by atoms with Gasteiger partial charge < -0.3 is 4.57 Å². The molecule has 1 aromatic carbocycles. The molecule has 3 aromatic rings. The van der Waals surface area contributed by atoms with Crippen molar-refractivity contribution < 1.29 is 0 Å². The van der Waals surface area contributed by atoms with Crippen molar-refractivity contribution in [1.82, 2.24) is 9.55 Å². The molecule has 0 radical (unpaired) electrons. The van der Waals surface area contributed by atoms with Gasteiger partial charge in [-0.25, -0.2) is 0 Å². The van der Waals surface area contributed by atoms with Crippen LogP contribution in [0.25, 0.3) is 10.9 Å². The fraction of sp³-hybridized carbons (Fsp3) is 0.0714. The van der Waals surface area contributed by atoms with E-state index in [1.54, 1.807) is 0 Å². The Morgan fingerprint density at radius 1 is 1.06 bits per heavy atom. The average molecular weight is 334 g/mol. The van der Waals surface area contributed by atoms with E-state index in [0.29, 0.717) is 0 Å². The van der Waals surface area contributed by atoms with Crippen molar-refractivity contribution in [3.05, 3.63) is 64.1 Å². The van der Waals surface area contributed by atoms with Crippen LogP contribution in [0, 0.1) is 3.70 Å². The summed E-state index contributed by atoms with van der Waals surface area (Å²) in [5.74, 6) is 0. The number of hydrogen-bond donors (Lipinski definition) is 0. The van der Waals surface area contributed by atoms with Gasteiger partial charge in [-0.2, -0.15) is 0 Å². The predicted molar refractivity (Wildman–Crippen MR) is 78.0 cm³/mol. The van der Waals surface area contributed by atoms with Gasteiger partial charge in [-0.1, -0.05) is 18.2 Å². The minimum Gasteiger partial charge on any atom is -0.331 e. The highest BCUT2D eigenvalue weighted by Crippen LogP contribution is 2.22. The summed E-state index contributed by atoms with van der Waals surface area (Å²) < 4.78 is 3.59. The third kappa shape index (κ3) is 2.07. The lowest BCUT2D eigenvalue weighted by atomic mass is 10.2. The standard InChI is InChI=1S/C14H11IN2/c15-14-9-12-3-1-2-4-13(12)17(14)10-11-5-7-16-8-6-11/h1-9H,10H2. The number of aromatic nitrogens is 2. The van der Waals surface area contributed by atoms with E-state index in [9.17, 15) is 0 Å². The minimum absolute atomic E-state index is 0.897. The van der Waals surface area contributed by atoms with Gasteiger partial charge in [0.25, 0.3) is 0 Å². The normalized spacial score (nSPS) is 10.9. The number of fused-ring (bicyclic) bond motifs is 1. The Bertz CT molecular complexity index is 644. The number of pyridine rings is 1. The van der Waals surface area contributed by atoms with Gasteiger partial charge in [-0.3, -0.25) is 4.98 Å². The maximum atomic E-state index is 4.05. The Kier molecular flexibility index (Phi) is 2.84.